The van der Waals surface area contributed by atoms with E-state index in [9.17, 15) is 8.42 Å². The van der Waals surface area contributed by atoms with E-state index in [1.165, 1.54) is 6.39 Å². The van der Waals surface area contributed by atoms with Crippen molar-refractivity contribution in [2.45, 2.75) is 24.8 Å². The highest BCUT2D eigenvalue weighted by atomic mass is 32.2. The van der Waals surface area contributed by atoms with Gasteiger partial charge in [-0.25, -0.2) is 13.1 Å². The molecule has 0 spiro atoms. The summed E-state index contributed by atoms with van der Waals surface area (Å²) in [5.41, 5.74) is 0.912. The van der Waals surface area contributed by atoms with Gasteiger partial charge in [0.05, 0.1) is 4.90 Å². The number of hydrogen-bond acceptors (Lipinski definition) is 6. The zero-order valence-corrected chi connectivity index (χ0v) is 12.9. The molecule has 0 aliphatic rings. The Balaban J connectivity index is 1.98. The van der Waals surface area contributed by atoms with Gasteiger partial charge in [0.25, 0.3) is 0 Å². The third kappa shape index (κ3) is 4.13. The first kappa shape index (κ1) is 15.7. The van der Waals surface area contributed by atoms with Crippen molar-refractivity contribution in [3.8, 4) is 0 Å². The van der Waals surface area contributed by atoms with Crippen LogP contribution in [0.2, 0.25) is 0 Å². The summed E-state index contributed by atoms with van der Waals surface area (Å²) in [6.07, 6.45) is 3.20. The van der Waals surface area contributed by atoms with Gasteiger partial charge in [0.1, 0.15) is 0 Å². The number of aryl methyl sites for hydroxylation is 1. The van der Waals surface area contributed by atoms with Crippen molar-refractivity contribution in [1.82, 2.24) is 24.7 Å². The fourth-order valence-corrected chi connectivity index (χ4v) is 2.96. The minimum atomic E-state index is -3.52. The molecule has 0 aromatic carbocycles. The van der Waals surface area contributed by atoms with Crippen LogP contribution in [0.25, 0.3) is 0 Å². The lowest BCUT2D eigenvalue weighted by Gasteiger charge is -2.02. The standard InChI is InChI=1S/C12H19N5O3S/c1-3-13-7-10-6-11(8-17(10)2)21(18,19)15-5-4-12-14-9-20-16-12/h6,8-9,13,15H,3-5,7H2,1-2H3. The molecule has 116 valence electrons. The highest BCUT2D eigenvalue weighted by Crippen LogP contribution is 2.13. The van der Waals surface area contributed by atoms with Crippen LogP contribution in [0.1, 0.15) is 18.4 Å². The van der Waals surface area contributed by atoms with Crippen molar-refractivity contribution in [2.24, 2.45) is 7.05 Å². The maximum Gasteiger partial charge on any atom is 0.242 e. The molecule has 2 aromatic heterocycles. The average molecular weight is 313 g/mol. The van der Waals surface area contributed by atoms with Crippen LogP contribution < -0.4 is 10.0 Å². The molecule has 0 fully saturated rings. The molecule has 8 nitrogen and oxygen atoms in total. The Morgan fingerprint density at radius 2 is 2.24 bits per heavy atom. The van der Waals surface area contributed by atoms with Gasteiger partial charge in [0.15, 0.2) is 5.82 Å². The van der Waals surface area contributed by atoms with Crippen molar-refractivity contribution >= 4 is 10.0 Å². The van der Waals surface area contributed by atoms with Crippen LogP contribution in [0.4, 0.5) is 0 Å². The lowest BCUT2D eigenvalue weighted by molar-refractivity contribution is 0.410. The molecule has 0 unspecified atom stereocenters. The number of nitrogens with one attached hydrogen (secondary N) is 2. The zero-order valence-electron chi connectivity index (χ0n) is 12.0. The third-order valence-corrected chi connectivity index (χ3v) is 4.42. The van der Waals surface area contributed by atoms with E-state index in [2.05, 4.69) is 24.7 Å². The van der Waals surface area contributed by atoms with Gasteiger partial charge in [-0.05, 0) is 12.6 Å². The highest BCUT2D eigenvalue weighted by molar-refractivity contribution is 7.89. The van der Waals surface area contributed by atoms with Gasteiger partial charge >= 0.3 is 0 Å². The second-order valence-electron chi connectivity index (χ2n) is 4.55. The van der Waals surface area contributed by atoms with Gasteiger partial charge < -0.3 is 14.4 Å². The van der Waals surface area contributed by atoms with Crippen LogP contribution in [0.5, 0.6) is 0 Å². The summed E-state index contributed by atoms with van der Waals surface area (Å²) in [7, 11) is -1.70. The monoisotopic (exact) mass is 313 g/mol. The topological polar surface area (TPSA) is 102 Å². The van der Waals surface area contributed by atoms with Gasteiger partial charge in [-0.1, -0.05) is 12.1 Å². The highest BCUT2D eigenvalue weighted by Gasteiger charge is 2.17. The van der Waals surface area contributed by atoms with E-state index in [-0.39, 0.29) is 11.4 Å². The van der Waals surface area contributed by atoms with Gasteiger partial charge in [0.2, 0.25) is 16.4 Å². The first-order valence-corrected chi connectivity index (χ1v) is 8.12. The maximum atomic E-state index is 12.2. The Kier molecular flexibility index (Phi) is 5.10. The van der Waals surface area contributed by atoms with E-state index >= 15 is 0 Å². The lowest BCUT2D eigenvalue weighted by atomic mass is 10.4. The van der Waals surface area contributed by atoms with Crippen LogP contribution in [0, 0.1) is 0 Å². The van der Waals surface area contributed by atoms with Crippen LogP contribution in [0.3, 0.4) is 0 Å². The molecule has 0 radical (unpaired) electrons. The fourth-order valence-electron chi connectivity index (χ4n) is 1.84. The van der Waals surface area contributed by atoms with Crippen LogP contribution in [-0.2, 0) is 30.0 Å². The van der Waals surface area contributed by atoms with Crippen LogP contribution >= 0.6 is 0 Å². The van der Waals surface area contributed by atoms with Crippen molar-refractivity contribution in [3.63, 3.8) is 0 Å². The largest absolute Gasteiger partial charge is 0.352 e. The molecule has 2 aromatic rings. The summed E-state index contributed by atoms with van der Waals surface area (Å²) < 4.78 is 33.3. The van der Waals surface area contributed by atoms with Crippen molar-refractivity contribution in [1.29, 1.82) is 0 Å². The molecule has 2 N–H and O–H groups in total. The lowest BCUT2D eigenvalue weighted by Crippen LogP contribution is -2.26. The smallest absolute Gasteiger partial charge is 0.242 e. The summed E-state index contributed by atoms with van der Waals surface area (Å²) in [5, 5.41) is 6.80. The zero-order chi connectivity index (χ0) is 15.3. The normalized spacial score (nSPS) is 11.9. The Hall–Kier alpha value is -1.71. The SMILES string of the molecule is CCNCc1cc(S(=O)(=O)NCCc2ncon2)cn1C. The molecule has 0 aliphatic heterocycles. The van der Waals surface area contributed by atoms with Crippen LogP contribution in [-0.4, -0.2) is 36.2 Å². The second kappa shape index (κ2) is 6.83. The van der Waals surface area contributed by atoms with E-state index in [4.69, 9.17) is 0 Å². The van der Waals surface area contributed by atoms with Crippen molar-refractivity contribution < 1.29 is 12.9 Å². The van der Waals surface area contributed by atoms with Crippen molar-refractivity contribution in [3.05, 3.63) is 30.2 Å². The van der Waals surface area contributed by atoms with Gasteiger partial charge in [-0.3, -0.25) is 0 Å². The molecule has 21 heavy (non-hydrogen) atoms. The maximum absolute atomic E-state index is 12.2. The molecule has 0 atom stereocenters. The number of rotatable bonds is 8. The van der Waals surface area contributed by atoms with E-state index in [1.54, 1.807) is 16.8 Å². The molecule has 0 saturated carbocycles. The molecule has 0 aliphatic carbocycles. The minimum absolute atomic E-state index is 0.222. The van der Waals surface area contributed by atoms with Gasteiger partial charge in [0, 0.05) is 38.4 Å². The first-order valence-electron chi connectivity index (χ1n) is 6.64. The summed E-state index contributed by atoms with van der Waals surface area (Å²) >= 11 is 0. The summed E-state index contributed by atoms with van der Waals surface area (Å²) in [6.45, 7) is 3.68. The minimum Gasteiger partial charge on any atom is -0.352 e. The predicted molar refractivity (Wildman–Crippen MR) is 76.0 cm³/mol. The Labute approximate surface area is 123 Å². The summed E-state index contributed by atoms with van der Waals surface area (Å²) in [5.74, 6) is 0.471. The van der Waals surface area contributed by atoms with E-state index in [0.29, 0.717) is 18.8 Å². The molecule has 0 amide bonds. The van der Waals surface area contributed by atoms with Gasteiger partial charge in [-0.15, -0.1) is 0 Å². The van der Waals surface area contributed by atoms with Crippen molar-refractivity contribution in [2.75, 3.05) is 13.1 Å². The number of nitrogens with zero attached hydrogens (tertiary/aromatic N) is 3. The Bertz CT molecular complexity index is 663. The summed E-state index contributed by atoms with van der Waals surface area (Å²) in [4.78, 5) is 4.09. The molecule has 2 heterocycles. The van der Waals surface area contributed by atoms with Crippen LogP contribution in [0.15, 0.2) is 28.1 Å². The summed E-state index contributed by atoms with van der Waals surface area (Å²) in [6, 6.07) is 1.67. The second-order valence-corrected chi connectivity index (χ2v) is 6.32. The number of hydrogen-bond donors (Lipinski definition) is 2. The van der Waals surface area contributed by atoms with Gasteiger partial charge in [-0.2, -0.15) is 4.98 Å². The molecular weight excluding hydrogens is 294 g/mol. The molecule has 2 rings (SSSR count). The molecule has 9 heteroatoms. The molecular formula is C12H19N5O3S. The van der Waals surface area contributed by atoms with E-state index in [0.717, 1.165) is 12.2 Å². The first-order chi connectivity index (χ1) is 10.0. The number of aromatic nitrogens is 3. The molecule has 0 bridgehead atoms. The Morgan fingerprint density at radius 1 is 1.43 bits per heavy atom. The molecule has 0 saturated heterocycles. The van der Waals surface area contributed by atoms with E-state index < -0.39 is 10.0 Å². The fraction of sp³-hybridized carbons (Fsp3) is 0.500. The predicted octanol–water partition coefficient (Wildman–Crippen LogP) is 0.0386. The quantitative estimate of drug-likeness (QED) is 0.713. The average Bonchev–Trinajstić information content (AvgIpc) is 3.06. The van der Waals surface area contributed by atoms with E-state index in [1.807, 2.05) is 14.0 Å². The third-order valence-electron chi connectivity index (χ3n) is 3.00. The Morgan fingerprint density at radius 3 is 2.90 bits per heavy atom. The number of sulfonamides is 1.